The molecular weight excluding hydrogens is 188 g/mol. The zero-order valence-corrected chi connectivity index (χ0v) is 9.19. The number of Topliss-reactive ketones (excluding diaryl/α,β-unsaturated/α-hetero) is 1. The lowest BCUT2D eigenvalue weighted by Crippen LogP contribution is -2.06. The van der Waals surface area contributed by atoms with E-state index in [9.17, 15) is 13.2 Å². The largest absolute Gasteiger partial charge is 0.300 e. The van der Waals surface area contributed by atoms with Crippen LogP contribution in [-0.4, -0.2) is 26.2 Å². The SMILES string of the molecule is CCCCC(=O)CCCS(C)(=O)=O. The van der Waals surface area contributed by atoms with Gasteiger partial charge in [0, 0.05) is 19.1 Å². The van der Waals surface area contributed by atoms with Gasteiger partial charge in [-0.2, -0.15) is 0 Å². The Balaban J connectivity index is 3.49. The van der Waals surface area contributed by atoms with E-state index in [1.54, 1.807) is 0 Å². The van der Waals surface area contributed by atoms with E-state index in [1.165, 1.54) is 6.26 Å². The summed E-state index contributed by atoms with van der Waals surface area (Å²) in [6, 6.07) is 0. The van der Waals surface area contributed by atoms with Crippen LogP contribution in [0.4, 0.5) is 0 Å². The Morgan fingerprint density at radius 2 is 1.69 bits per heavy atom. The van der Waals surface area contributed by atoms with Crippen molar-refractivity contribution < 1.29 is 13.2 Å². The number of hydrogen-bond donors (Lipinski definition) is 0. The number of sulfone groups is 1. The Kier molecular flexibility index (Phi) is 5.95. The molecule has 0 N–H and O–H groups in total. The molecule has 0 saturated carbocycles. The fourth-order valence-corrected chi connectivity index (χ4v) is 1.70. The van der Waals surface area contributed by atoms with Crippen LogP contribution in [0.5, 0.6) is 0 Å². The lowest BCUT2D eigenvalue weighted by Gasteiger charge is -1.98. The van der Waals surface area contributed by atoms with Crippen LogP contribution in [0.3, 0.4) is 0 Å². The standard InChI is InChI=1S/C9H18O3S/c1-3-4-6-9(10)7-5-8-13(2,11)12/h3-8H2,1-2H3. The van der Waals surface area contributed by atoms with Gasteiger partial charge in [0.25, 0.3) is 0 Å². The molecule has 0 radical (unpaired) electrons. The lowest BCUT2D eigenvalue weighted by molar-refractivity contribution is -0.119. The molecule has 0 aliphatic rings. The van der Waals surface area contributed by atoms with Gasteiger partial charge in [-0.05, 0) is 12.8 Å². The predicted octanol–water partition coefficient (Wildman–Crippen LogP) is 1.57. The fourth-order valence-electron chi connectivity index (χ4n) is 1.03. The molecule has 0 aromatic carbocycles. The number of hydrogen-bond acceptors (Lipinski definition) is 3. The van der Waals surface area contributed by atoms with Crippen molar-refractivity contribution in [3.8, 4) is 0 Å². The van der Waals surface area contributed by atoms with Crippen LogP contribution in [0.15, 0.2) is 0 Å². The first-order valence-corrected chi connectivity index (χ1v) is 6.71. The first-order valence-electron chi connectivity index (χ1n) is 4.65. The quantitative estimate of drug-likeness (QED) is 0.635. The van der Waals surface area contributed by atoms with E-state index in [4.69, 9.17) is 0 Å². The molecule has 78 valence electrons. The van der Waals surface area contributed by atoms with Gasteiger partial charge in [0.2, 0.25) is 0 Å². The van der Waals surface area contributed by atoms with E-state index in [0.29, 0.717) is 19.3 Å². The van der Waals surface area contributed by atoms with Gasteiger partial charge in [-0.25, -0.2) is 8.42 Å². The normalized spacial score (nSPS) is 11.5. The average Bonchev–Trinajstić information content (AvgIpc) is 1.98. The Bertz CT molecular complexity index is 242. The third-order valence-electron chi connectivity index (χ3n) is 1.78. The van der Waals surface area contributed by atoms with Crippen LogP contribution >= 0.6 is 0 Å². The van der Waals surface area contributed by atoms with Gasteiger partial charge in [0.05, 0.1) is 5.75 Å². The smallest absolute Gasteiger partial charge is 0.147 e. The van der Waals surface area contributed by atoms with E-state index in [-0.39, 0.29) is 11.5 Å². The fraction of sp³-hybridized carbons (Fsp3) is 0.889. The summed E-state index contributed by atoms with van der Waals surface area (Å²) < 4.78 is 21.4. The van der Waals surface area contributed by atoms with Gasteiger partial charge in [-0.3, -0.25) is 4.79 Å². The van der Waals surface area contributed by atoms with Gasteiger partial charge >= 0.3 is 0 Å². The van der Waals surface area contributed by atoms with Crippen molar-refractivity contribution in [2.45, 2.75) is 39.0 Å². The first kappa shape index (κ1) is 12.6. The number of carbonyl (C=O) groups excluding carboxylic acids is 1. The summed E-state index contributed by atoms with van der Waals surface area (Å²) in [4.78, 5) is 11.1. The van der Waals surface area contributed by atoms with Gasteiger partial charge in [-0.1, -0.05) is 13.3 Å². The van der Waals surface area contributed by atoms with Crippen molar-refractivity contribution in [3.05, 3.63) is 0 Å². The molecule has 0 aromatic heterocycles. The van der Waals surface area contributed by atoms with Gasteiger partial charge in [-0.15, -0.1) is 0 Å². The highest BCUT2D eigenvalue weighted by Gasteiger charge is 2.05. The molecule has 0 atom stereocenters. The van der Waals surface area contributed by atoms with Crippen LogP contribution in [-0.2, 0) is 14.6 Å². The number of unbranched alkanes of at least 4 members (excludes halogenated alkanes) is 1. The van der Waals surface area contributed by atoms with Crippen LogP contribution in [0.2, 0.25) is 0 Å². The Morgan fingerprint density at radius 1 is 1.15 bits per heavy atom. The molecule has 0 fully saturated rings. The summed E-state index contributed by atoms with van der Waals surface area (Å²) in [5.74, 6) is 0.315. The van der Waals surface area contributed by atoms with E-state index in [1.807, 2.05) is 6.92 Å². The Hall–Kier alpha value is -0.380. The molecule has 0 aliphatic carbocycles. The molecule has 0 spiro atoms. The summed E-state index contributed by atoms with van der Waals surface area (Å²) in [5, 5.41) is 0. The Morgan fingerprint density at radius 3 is 2.15 bits per heavy atom. The molecule has 0 aromatic rings. The molecule has 0 unspecified atom stereocenters. The van der Waals surface area contributed by atoms with E-state index >= 15 is 0 Å². The summed E-state index contributed by atoms with van der Waals surface area (Å²) in [7, 11) is -2.89. The van der Waals surface area contributed by atoms with Crippen molar-refractivity contribution in [2.75, 3.05) is 12.0 Å². The minimum Gasteiger partial charge on any atom is -0.300 e. The molecule has 0 bridgehead atoms. The number of rotatable bonds is 7. The topological polar surface area (TPSA) is 51.2 Å². The van der Waals surface area contributed by atoms with Crippen molar-refractivity contribution >= 4 is 15.6 Å². The summed E-state index contributed by atoms with van der Waals surface area (Å²) in [5.41, 5.74) is 0. The molecule has 0 aliphatic heterocycles. The molecule has 0 amide bonds. The van der Waals surface area contributed by atoms with Gasteiger partial charge in [0.15, 0.2) is 0 Å². The third kappa shape index (κ3) is 9.53. The third-order valence-corrected chi connectivity index (χ3v) is 2.81. The van der Waals surface area contributed by atoms with E-state index < -0.39 is 9.84 Å². The maximum atomic E-state index is 11.1. The summed E-state index contributed by atoms with van der Waals surface area (Å²) >= 11 is 0. The highest BCUT2D eigenvalue weighted by Crippen LogP contribution is 2.02. The number of ketones is 1. The second kappa shape index (κ2) is 6.13. The lowest BCUT2D eigenvalue weighted by atomic mass is 10.1. The van der Waals surface area contributed by atoms with E-state index in [0.717, 1.165) is 12.8 Å². The zero-order valence-electron chi connectivity index (χ0n) is 8.38. The molecule has 4 heteroatoms. The Labute approximate surface area is 80.4 Å². The maximum Gasteiger partial charge on any atom is 0.147 e. The first-order chi connectivity index (χ1) is 5.95. The van der Waals surface area contributed by atoms with Crippen LogP contribution in [0, 0.1) is 0 Å². The summed E-state index contributed by atoms with van der Waals surface area (Å²) in [6.45, 7) is 2.03. The van der Waals surface area contributed by atoms with Crippen molar-refractivity contribution in [1.82, 2.24) is 0 Å². The minimum atomic E-state index is -2.89. The second-order valence-electron chi connectivity index (χ2n) is 3.38. The van der Waals surface area contributed by atoms with Crippen LogP contribution in [0.1, 0.15) is 39.0 Å². The summed E-state index contributed by atoms with van der Waals surface area (Å²) in [6.07, 6.45) is 4.60. The molecule has 0 rings (SSSR count). The maximum absolute atomic E-state index is 11.1. The van der Waals surface area contributed by atoms with Crippen molar-refractivity contribution in [2.24, 2.45) is 0 Å². The monoisotopic (exact) mass is 206 g/mol. The van der Waals surface area contributed by atoms with Crippen LogP contribution < -0.4 is 0 Å². The zero-order chi connectivity index (χ0) is 10.3. The van der Waals surface area contributed by atoms with Gasteiger partial charge < -0.3 is 0 Å². The predicted molar refractivity (Wildman–Crippen MR) is 53.5 cm³/mol. The molecule has 3 nitrogen and oxygen atoms in total. The second-order valence-corrected chi connectivity index (χ2v) is 5.64. The van der Waals surface area contributed by atoms with Gasteiger partial charge in [0.1, 0.15) is 15.6 Å². The molecule has 13 heavy (non-hydrogen) atoms. The van der Waals surface area contributed by atoms with Crippen molar-refractivity contribution in [3.63, 3.8) is 0 Å². The van der Waals surface area contributed by atoms with Crippen LogP contribution in [0.25, 0.3) is 0 Å². The highest BCUT2D eigenvalue weighted by atomic mass is 32.2. The molecular formula is C9H18O3S. The minimum absolute atomic E-state index is 0.130. The van der Waals surface area contributed by atoms with E-state index in [2.05, 4.69) is 0 Å². The molecule has 0 saturated heterocycles. The highest BCUT2D eigenvalue weighted by molar-refractivity contribution is 7.90. The number of carbonyl (C=O) groups is 1. The molecule has 0 heterocycles. The van der Waals surface area contributed by atoms with Crippen molar-refractivity contribution in [1.29, 1.82) is 0 Å². The average molecular weight is 206 g/mol.